The topological polar surface area (TPSA) is 18.8 Å². The molecule has 0 unspecified atom stereocenters. The van der Waals surface area contributed by atoms with E-state index in [2.05, 4.69) is 73.4 Å². The third-order valence-electron chi connectivity index (χ3n) is 3.60. The molecule has 3 nitrogen and oxygen atoms in total. The Balaban J connectivity index is 1.56. The molecule has 0 radical (unpaired) electrons. The van der Waals surface area contributed by atoms with E-state index < -0.39 is 0 Å². The molecule has 1 heterocycles. The van der Waals surface area contributed by atoms with Gasteiger partial charge in [-0.1, -0.05) is 46.3 Å². The van der Waals surface area contributed by atoms with Gasteiger partial charge in [0, 0.05) is 23.2 Å². The van der Waals surface area contributed by atoms with E-state index in [0.717, 1.165) is 36.2 Å². The zero-order valence-corrected chi connectivity index (χ0v) is 13.4. The summed E-state index contributed by atoms with van der Waals surface area (Å²) in [6.07, 6.45) is 1.93. The van der Waals surface area contributed by atoms with Crippen LogP contribution in [0.5, 0.6) is 0 Å². The summed E-state index contributed by atoms with van der Waals surface area (Å²) in [5.41, 5.74) is 2.42. The fourth-order valence-electron chi connectivity index (χ4n) is 2.44. The lowest BCUT2D eigenvalue weighted by molar-refractivity contribution is 0.272. The Bertz CT molecular complexity index is 604. The second-order valence-electron chi connectivity index (χ2n) is 5.08. The molecule has 2 aromatic rings. The van der Waals surface area contributed by atoms with E-state index in [1.165, 1.54) is 5.69 Å². The molecule has 21 heavy (non-hydrogen) atoms. The van der Waals surface area contributed by atoms with E-state index in [1.807, 2.05) is 18.3 Å². The second kappa shape index (κ2) is 6.76. The van der Waals surface area contributed by atoms with Crippen LogP contribution in [0.3, 0.4) is 0 Å². The van der Waals surface area contributed by atoms with Crippen LogP contribution in [0, 0.1) is 0 Å². The number of nitrogens with zero attached hydrogens (tertiary/aromatic N) is 3. The van der Waals surface area contributed by atoms with Gasteiger partial charge in [-0.3, -0.25) is 5.01 Å². The first kappa shape index (κ1) is 14.1. The Morgan fingerprint density at radius 3 is 2.38 bits per heavy atom. The molecule has 0 aliphatic carbocycles. The minimum Gasteiger partial charge on any atom is -0.368 e. The summed E-state index contributed by atoms with van der Waals surface area (Å²) in [5, 5.41) is 6.72. The summed E-state index contributed by atoms with van der Waals surface area (Å²) in [5.74, 6) is 0. The van der Waals surface area contributed by atoms with E-state index in [0.29, 0.717) is 0 Å². The van der Waals surface area contributed by atoms with Crippen molar-refractivity contribution in [2.45, 2.75) is 0 Å². The molecule has 0 saturated carbocycles. The quantitative estimate of drug-likeness (QED) is 0.793. The molecule has 1 aliphatic heterocycles. The molecule has 0 bridgehead atoms. The van der Waals surface area contributed by atoms with Gasteiger partial charge in [0.1, 0.15) is 0 Å². The smallest absolute Gasteiger partial charge is 0.0543 e. The highest BCUT2D eigenvalue weighted by atomic mass is 79.9. The number of anilines is 1. The Kier molecular flexibility index (Phi) is 4.55. The fraction of sp³-hybridized carbons (Fsp3) is 0.235. The zero-order valence-electron chi connectivity index (χ0n) is 11.8. The van der Waals surface area contributed by atoms with Gasteiger partial charge < -0.3 is 4.90 Å². The lowest BCUT2D eigenvalue weighted by atomic mass is 10.2. The van der Waals surface area contributed by atoms with Crippen LogP contribution in [0.25, 0.3) is 0 Å². The fourth-order valence-corrected chi connectivity index (χ4v) is 2.86. The van der Waals surface area contributed by atoms with Gasteiger partial charge in [0.15, 0.2) is 0 Å². The summed E-state index contributed by atoms with van der Waals surface area (Å²) in [4.78, 5) is 2.41. The summed E-state index contributed by atoms with van der Waals surface area (Å²) in [6, 6.07) is 18.8. The number of rotatable bonds is 3. The molecule has 1 aliphatic rings. The maximum absolute atomic E-state index is 4.58. The molecule has 108 valence electrons. The van der Waals surface area contributed by atoms with Crippen molar-refractivity contribution >= 4 is 27.8 Å². The molecule has 0 N–H and O–H groups in total. The average Bonchev–Trinajstić information content (AvgIpc) is 2.54. The largest absolute Gasteiger partial charge is 0.368 e. The highest BCUT2D eigenvalue weighted by molar-refractivity contribution is 9.10. The summed E-state index contributed by atoms with van der Waals surface area (Å²) < 4.78 is 1.08. The molecule has 0 aromatic heterocycles. The van der Waals surface area contributed by atoms with Crippen molar-refractivity contribution in [1.82, 2.24) is 5.01 Å². The Hall–Kier alpha value is -1.81. The first-order valence-corrected chi connectivity index (χ1v) is 7.95. The molecule has 2 aromatic carbocycles. The molecule has 1 fully saturated rings. The van der Waals surface area contributed by atoms with Crippen LogP contribution < -0.4 is 4.90 Å². The van der Waals surface area contributed by atoms with Crippen molar-refractivity contribution in [3.8, 4) is 0 Å². The lowest BCUT2D eigenvalue weighted by Crippen LogP contribution is -2.44. The van der Waals surface area contributed by atoms with Crippen LogP contribution in [0.15, 0.2) is 64.2 Å². The van der Waals surface area contributed by atoms with Gasteiger partial charge in [-0.2, -0.15) is 5.10 Å². The van der Waals surface area contributed by atoms with Gasteiger partial charge in [0.25, 0.3) is 0 Å². The highest BCUT2D eigenvalue weighted by Crippen LogP contribution is 2.15. The maximum Gasteiger partial charge on any atom is 0.0543 e. The molecule has 0 atom stereocenters. The predicted octanol–water partition coefficient (Wildman–Crippen LogP) is 3.61. The van der Waals surface area contributed by atoms with Crippen LogP contribution in [-0.2, 0) is 0 Å². The van der Waals surface area contributed by atoms with Crippen LogP contribution in [0.2, 0.25) is 0 Å². The van der Waals surface area contributed by atoms with Crippen molar-refractivity contribution in [3.63, 3.8) is 0 Å². The van der Waals surface area contributed by atoms with Gasteiger partial charge in [0.2, 0.25) is 0 Å². The highest BCUT2D eigenvalue weighted by Gasteiger charge is 2.15. The Morgan fingerprint density at radius 1 is 0.905 bits per heavy atom. The van der Waals surface area contributed by atoms with E-state index in [1.54, 1.807) is 0 Å². The third kappa shape index (κ3) is 3.85. The minimum atomic E-state index is 0.958. The molecular weight excluding hydrogens is 326 g/mol. The van der Waals surface area contributed by atoms with Crippen molar-refractivity contribution in [2.24, 2.45) is 5.10 Å². The summed E-state index contributed by atoms with van der Waals surface area (Å²) in [7, 11) is 0. The zero-order chi connectivity index (χ0) is 14.5. The van der Waals surface area contributed by atoms with Crippen molar-refractivity contribution in [3.05, 3.63) is 64.6 Å². The molecular formula is C17H18BrN3. The van der Waals surface area contributed by atoms with E-state index in [4.69, 9.17) is 0 Å². The lowest BCUT2D eigenvalue weighted by Gasteiger charge is -2.34. The monoisotopic (exact) mass is 343 g/mol. The van der Waals surface area contributed by atoms with Crippen molar-refractivity contribution in [2.75, 3.05) is 31.1 Å². The van der Waals surface area contributed by atoms with Gasteiger partial charge in [0.05, 0.1) is 19.3 Å². The van der Waals surface area contributed by atoms with Gasteiger partial charge in [-0.25, -0.2) is 0 Å². The Labute approximate surface area is 134 Å². The third-order valence-corrected chi connectivity index (χ3v) is 4.09. The molecule has 3 rings (SSSR count). The SMILES string of the molecule is Brc1cccc(C=NN2CCN(c3ccccc3)CC2)c1. The molecule has 1 saturated heterocycles. The van der Waals surface area contributed by atoms with Crippen molar-refractivity contribution in [1.29, 1.82) is 0 Å². The van der Waals surface area contributed by atoms with Crippen LogP contribution >= 0.6 is 15.9 Å². The number of hydrazone groups is 1. The van der Waals surface area contributed by atoms with Crippen LogP contribution in [0.1, 0.15) is 5.56 Å². The minimum absolute atomic E-state index is 0.958. The van der Waals surface area contributed by atoms with E-state index in [-0.39, 0.29) is 0 Å². The van der Waals surface area contributed by atoms with Crippen molar-refractivity contribution < 1.29 is 0 Å². The second-order valence-corrected chi connectivity index (χ2v) is 5.99. The number of halogens is 1. The first-order valence-electron chi connectivity index (χ1n) is 7.16. The number of hydrogen-bond donors (Lipinski definition) is 0. The Morgan fingerprint density at radius 2 is 1.67 bits per heavy atom. The number of hydrogen-bond acceptors (Lipinski definition) is 3. The van der Waals surface area contributed by atoms with Gasteiger partial charge >= 0.3 is 0 Å². The molecule has 0 spiro atoms. The first-order chi connectivity index (χ1) is 10.3. The number of benzene rings is 2. The summed E-state index contributed by atoms with van der Waals surface area (Å²) >= 11 is 3.48. The maximum atomic E-state index is 4.58. The summed E-state index contributed by atoms with van der Waals surface area (Å²) in [6.45, 7) is 3.94. The molecule has 4 heteroatoms. The van der Waals surface area contributed by atoms with Gasteiger partial charge in [-0.15, -0.1) is 0 Å². The van der Waals surface area contributed by atoms with E-state index >= 15 is 0 Å². The standard InChI is InChI=1S/C17H18BrN3/c18-16-6-4-5-15(13-16)14-19-21-11-9-20(10-12-21)17-7-2-1-3-8-17/h1-8,13-14H,9-12H2. The number of para-hydroxylation sites is 1. The normalized spacial score (nSPS) is 15.7. The van der Waals surface area contributed by atoms with Gasteiger partial charge in [-0.05, 0) is 29.8 Å². The van der Waals surface area contributed by atoms with Crippen LogP contribution in [-0.4, -0.2) is 37.4 Å². The average molecular weight is 344 g/mol. The van der Waals surface area contributed by atoms with Crippen LogP contribution in [0.4, 0.5) is 5.69 Å². The number of piperazine rings is 1. The molecule has 0 amide bonds. The van der Waals surface area contributed by atoms with E-state index in [9.17, 15) is 0 Å². The predicted molar refractivity (Wildman–Crippen MR) is 92.0 cm³/mol.